The molecule has 2 aliphatic rings. The third-order valence-electron chi connectivity index (χ3n) is 6.11. The maximum absolute atomic E-state index is 12.7. The van der Waals surface area contributed by atoms with Crippen LogP contribution in [0.4, 0.5) is 0 Å². The summed E-state index contributed by atoms with van der Waals surface area (Å²) < 4.78 is 10.3. The van der Waals surface area contributed by atoms with E-state index in [1.807, 2.05) is 25.1 Å². The van der Waals surface area contributed by atoms with Crippen LogP contribution < -0.4 is 4.74 Å². The van der Waals surface area contributed by atoms with E-state index < -0.39 is 5.41 Å². The number of rotatable bonds is 2. The Labute approximate surface area is 137 Å². The number of esters is 1. The van der Waals surface area contributed by atoms with Crippen molar-refractivity contribution < 1.29 is 19.1 Å². The molecule has 2 aliphatic carbocycles. The minimum atomic E-state index is -0.602. The molecule has 0 radical (unpaired) electrons. The highest BCUT2D eigenvalue weighted by molar-refractivity contribution is 6.00. The Morgan fingerprint density at radius 2 is 1.96 bits per heavy atom. The molecule has 1 fully saturated rings. The number of benzene rings is 1. The lowest BCUT2D eigenvalue weighted by molar-refractivity contribution is -0.160. The molecule has 0 bridgehead atoms. The summed E-state index contributed by atoms with van der Waals surface area (Å²) in [6, 6.07) is 5.74. The minimum absolute atomic E-state index is 0.0235. The van der Waals surface area contributed by atoms with Crippen LogP contribution in [-0.4, -0.2) is 26.0 Å². The summed E-state index contributed by atoms with van der Waals surface area (Å²) in [7, 11) is 3.04. The maximum Gasteiger partial charge on any atom is 0.311 e. The smallest absolute Gasteiger partial charge is 0.311 e. The lowest BCUT2D eigenvalue weighted by Crippen LogP contribution is -2.53. The molecule has 0 aliphatic heterocycles. The van der Waals surface area contributed by atoms with Gasteiger partial charge in [-0.2, -0.15) is 0 Å². The maximum atomic E-state index is 12.7. The molecule has 0 aromatic heterocycles. The van der Waals surface area contributed by atoms with Crippen LogP contribution in [0.5, 0.6) is 5.75 Å². The van der Waals surface area contributed by atoms with Crippen LogP contribution >= 0.6 is 0 Å². The van der Waals surface area contributed by atoms with Gasteiger partial charge in [-0.3, -0.25) is 9.59 Å². The number of Topliss-reactive ketones (excluding diaryl/α,β-unsaturated/α-hetero) is 1. The predicted molar refractivity (Wildman–Crippen MR) is 86.8 cm³/mol. The number of fused-ring (bicyclic) bond motifs is 3. The summed E-state index contributed by atoms with van der Waals surface area (Å²) in [6.07, 6.45) is 3.11. The van der Waals surface area contributed by atoms with Crippen molar-refractivity contribution in [3.63, 3.8) is 0 Å². The van der Waals surface area contributed by atoms with E-state index in [0.29, 0.717) is 12.2 Å². The standard InChI is InChI=1S/C19H24O4/c1-18-8-5-9-19(2,17(21)23-4)16(18)11-15(20)13-10-12(22-3)6-7-14(13)18/h6-7,10,16H,5,8-9,11H2,1-4H3/t16-,18?,19-/m1/s1. The van der Waals surface area contributed by atoms with Gasteiger partial charge in [0.1, 0.15) is 5.75 Å². The van der Waals surface area contributed by atoms with E-state index in [-0.39, 0.29) is 23.1 Å². The number of ketones is 1. The third kappa shape index (κ3) is 2.19. The average Bonchev–Trinajstić information content (AvgIpc) is 2.56. The number of hydrogen-bond donors (Lipinski definition) is 0. The van der Waals surface area contributed by atoms with Crippen LogP contribution in [0, 0.1) is 11.3 Å². The normalized spacial score (nSPS) is 32.7. The molecule has 1 aromatic rings. The van der Waals surface area contributed by atoms with Crippen LogP contribution in [0.2, 0.25) is 0 Å². The molecular formula is C19H24O4. The third-order valence-corrected chi connectivity index (χ3v) is 6.11. The molecule has 3 rings (SSSR count). The van der Waals surface area contributed by atoms with E-state index >= 15 is 0 Å². The van der Waals surface area contributed by atoms with Crippen LogP contribution in [0.15, 0.2) is 18.2 Å². The zero-order chi connectivity index (χ0) is 16.8. The zero-order valence-corrected chi connectivity index (χ0v) is 14.3. The molecule has 23 heavy (non-hydrogen) atoms. The number of hydrogen-bond acceptors (Lipinski definition) is 4. The lowest BCUT2D eigenvalue weighted by Gasteiger charge is -2.53. The quantitative estimate of drug-likeness (QED) is 0.783. The van der Waals surface area contributed by atoms with Crippen molar-refractivity contribution in [3.05, 3.63) is 29.3 Å². The van der Waals surface area contributed by atoms with Crippen LogP contribution in [0.3, 0.4) is 0 Å². The molecule has 1 saturated carbocycles. The summed E-state index contributed by atoms with van der Waals surface area (Å²) in [5, 5.41) is 0. The highest BCUT2D eigenvalue weighted by atomic mass is 16.5. The van der Waals surface area contributed by atoms with Gasteiger partial charge in [-0.25, -0.2) is 0 Å². The second-order valence-corrected chi connectivity index (χ2v) is 7.27. The first kappa shape index (κ1) is 16.0. The van der Waals surface area contributed by atoms with Gasteiger partial charge in [0.2, 0.25) is 0 Å². The van der Waals surface area contributed by atoms with Gasteiger partial charge in [-0.1, -0.05) is 19.4 Å². The van der Waals surface area contributed by atoms with Crippen molar-refractivity contribution in [1.29, 1.82) is 0 Å². The Balaban J connectivity index is 2.14. The van der Waals surface area contributed by atoms with Crippen molar-refractivity contribution in [2.24, 2.45) is 11.3 Å². The number of carbonyl (C=O) groups is 2. The van der Waals surface area contributed by atoms with E-state index in [1.165, 1.54) is 7.11 Å². The number of ether oxygens (including phenoxy) is 2. The Kier molecular flexibility index (Phi) is 3.74. The molecule has 4 heteroatoms. The number of carbonyl (C=O) groups excluding carboxylic acids is 2. The van der Waals surface area contributed by atoms with Crippen LogP contribution in [0.1, 0.15) is 55.5 Å². The lowest BCUT2D eigenvalue weighted by atomic mass is 9.49. The molecule has 124 valence electrons. The van der Waals surface area contributed by atoms with Crippen molar-refractivity contribution in [2.75, 3.05) is 14.2 Å². The molecular weight excluding hydrogens is 292 g/mol. The predicted octanol–water partition coefficient (Wildman–Crippen LogP) is 3.52. The van der Waals surface area contributed by atoms with Gasteiger partial charge in [0.15, 0.2) is 5.78 Å². The van der Waals surface area contributed by atoms with Gasteiger partial charge in [-0.05, 0) is 48.8 Å². The topological polar surface area (TPSA) is 52.6 Å². The SMILES string of the molecule is COC(=O)[C@]1(C)CCCC2(C)c3ccc(OC)cc3C(=O)C[C@H]21. The first-order chi connectivity index (χ1) is 10.9. The molecule has 1 aromatic carbocycles. The average molecular weight is 316 g/mol. The largest absolute Gasteiger partial charge is 0.497 e. The van der Waals surface area contributed by atoms with Crippen molar-refractivity contribution in [3.8, 4) is 5.75 Å². The molecule has 0 heterocycles. The van der Waals surface area contributed by atoms with Gasteiger partial charge < -0.3 is 9.47 Å². The van der Waals surface area contributed by atoms with Gasteiger partial charge in [0.25, 0.3) is 0 Å². The Hall–Kier alpha value is -1.84. The molecule has 4 nitrogen and oxygen atoms in total. The van der Waals surface area contributed by atoms with E-state index in [0.717, 1.165) is 30.4 Å². The van der Waals surface area contributed by atoms with Gasteiger partial charge in [-0.15, -0.1) is 0 Å². The monoisotopic (exact) mass is 316 g/mol. The van der Waals surface area contributed by atoms with E-state index in [1.54, 1.807) is 7.11 Å². The molecule has 0 saturated heterocycles. The highest BCUT2D eigenvalue weighted by Gasteiger charge is 2.57. The van der Waals surface area contributed by atoms with E-state index in [4.69, 9.17) is 9.47 Å². The highest BCUT2D eigenvalue weighted by Crippen LogP contribution is 2.57. The molecule has 0 spiro atoms. The second-order valence-electron chi connectivity index (χ2n) is 7.27. The van der Waals surface area contributed by atoms with Crippen molar-refractivity contribution in [1.82, 2.24) is 0 Å². The van der Waals surface area contributed by atoms with Gasteiger partial charge in [0.05, 0.1) is 19.6 Å². The summed E-state index contributed by atoms with van der Waals surface area (Å²) in [4.78, 5) is 25.2. The molecule has 0 N–H and O–H groups in total. The first-order valence-electron chi connectivity index (χ1n) is 8.17. The fraction of sp³-hybridized carbons (Fsp3) is 0.579. The van der Waals surface area contributed by atoms with E-state index in [2.05, 4.69) is 6.92 Å². The minimum Gasteiger partial charge on any atom is -0.497 e. The molecule has 0 amide bonds. The zero-order valence-electron chi connectivity index (χ0n) is 14.3. The summed E-state index contributed by atoms with van der Waals surface area (Å²) in [5.41, 5.74) is 1.01. The molecule has 1 unspecified atom stereocenters. The van der Waals surface area contributed by atoms with Crippen LogP contribution in [-0.2, 0) is 14.9 Å². The van der Waals surface area contributed by atoms with E-state index in [9.17, 15) is 9.59 Å². The summed E-state index contributed by atoms with van der Waals surface area (Å²) >= 11 is 0. The Morgan fingerprint density at radius 3 is 2.61 bits per heavy atom. The van der Waals surface area contributed by atoms with Gasteiger partial charge >= 0.3 is 5.97 Å². The Morgan fingerprint density at radius 1 is 1.22 bits per heavy atom. The molecule has 3 atom stereocenters. The number of methoxy groups -OCH3 is 2. The summed E-state index contributed by atoms with van der Waals surface area (Å²) in [5.74, 6) is 0.576. The first-order valence-corrected chi connectivity index (χ1v) is 8.17. The van der Waals surface area contributed by atoms with Gasteiger partial charge in [0, 0.05) is 12.0 Å². The van der Waals surface area contributed by atoms with Crippen LogP contribution in [0.25, 0.3) is 0 Å². The Bertz CT molecular complexity index is 665. The van der Waals surface area contributed by atoms with Crippen molar-refractivity contribution in [2.45, 2.75) is 44.9 Å². The summed E-state index contributed by atoms with van der Waals surface area (Å²) in [6.45, 7) is 4.15. The second kappa shape index (κ2) is 5.36. The van der Waals surface area contributed by atoms with Crippen molar-refractivity contribution >= 4 is 11.8 Å². The fourth-order valence-electron chi connectivity index (χ4n) is 4.80. The fourth-order valence-corrected chi connectivity index (χ4v) is 4.80.